The van der Waals surface area contributed by atoms with Crippen molar-refractivity contribution in [2.45, 2.75) is 18.6 Å². The highest BCUT2D eigenvalue weighted by molar-refractivity contribution is 4.84. The standard InChI is InChI=1S/C7H10F3N3/c8-7(9,10)6(1-2-11)13-4-3-12-5-13/h3-6H,1-2,11H2. The number of alkyl halides is 3. The van der Waals surface area contributed by atoms with E-state index in [-0.39, 0.29) is 13.0 Å². The van der Waals surface area contributed by atoms with E-state index in [0.717, 1.165) is 10.9 Å². The van der Waals surface area contributed by atoms with Crippen molar-refractivity contribution in [3.8, 4) is 0 Å². The van der Waals surface area contributed by atoms with Gasteiger partial charge in [-0.1, -0.05) is 0 Å². The van der Waals surface area contributed by atoms with Crippen LogP contribution < -0.4 is 5.73 Å². The Hall–Kier alpha value is -1.04. The Morgan fingerprint density at radius 1 is 1.46 bits per heavy atom. The fraction of sp³-hybridized carbons (Fsp3) is 0.571. The number of nitrogens with zero attached hydrogens (tertiary/aromatic N) is 2. The maximum absolute atomic E-state index is 12.4. The Labute approximate surface area is 73.4 Å². The van der Waals surface area contributed by atoms with Gasteiger partial charge in [0.2, 0.25) is 0 Å². The summed E-state index contributed by atoms with van der Waals surface area (Å²) in [7, 11) is 0. The summed E-state index contributed by atoms with van der Waals surface area (Å²) in [6.45, 7) is 0.00234. The molecule has 0 aliphatic heterocycles. The molecule has 2 N–H and O–H groups in total. The topological polar surface area (TPSA) is 43.8 Å². The van der Waals surface area contributed by atoms with Crippen molar-refractivity contribution in [3.05, 3.63) is 18.7 Å². The SMILES string of the molecule is NCCC(n1ccnc1)C(F)(F)F. The quantitative estimate of drug-likeness (QED) is 0.787. The van der Waals surface area contributed by atoms with Gasteiger partial charge in [-0.2, -0.15) is 13.2 Å². The molecule has 74 valence electrons. The Kier molecular flexibility index (Phi) is 2.92. The Bertz CT molecular complexity index is 242. The van der Waals surface area contributed by atoms with Gasteiger partial charge in [-0.25, -0.2) is 4.98 Å². The minimum absolute atomic E-state index is 0.00234. The van der Waals surface area contributed by atoms with Gasteiger partial charge >= 0.3 is 6.18 Å². The second-order valence-corrected chi connectivity index (χ2v) is 2.64. The fourth-order valence-electron chi connectivity index (χ4n) is 1.09. The number of imidazole rings is 1. The Morgan fingerprint density at radius 3 is 2.54 bits per heavy atom. The second-order valence-electron chi connectivity index (χ2n) is 2.64. The van der Waals surface area contributed by atoms with Gasteiger partial charge in [0.1, 0.15) is 6.04 Å². The maximum Gasteiger partial charge on any atom is 0.409 e. The lowest BCUT2D eigenvalue weighted by molar-refractivity contribution is -0.168. The predicted molar refractivity (Wildman–Crippen MR) is 41.0 cm³/mol. The van der Waals surface area contributed by atoms with E-state index in [9.17, 15) is 13.2 Å². The van der Waals surface area contributed by atoms with Crippen LogP contribution in [-0.2, 0) is 0 Å². The molecule has 0 bridgehead atoms. The molecular weight excluding hydrogens is 183 g/mol. The summed E-state index contributed by atoms with van der Waals surface area (Å²) < 4.78 is 38.1. The second kappa shape index (κ2) is 3.78. The summed E-state index contributed by atoms with van der Waals surface area (Å²) in [5.74, 6) is 0. The summed E-state index contributed by atoms with van der Waals surface area (Å²) in [6.07, 6.45) is -0.642. The molecule has 0 aromatic carbocycles. The molecule has 1 rings (SSSR count). The van der Waals surface area contributed by atoms with Gasteiger partial charge in [-0.15, -0.1) is 0 Å². The first kappa shape index (κ1) is 10.0. The summed E-state index contributed by atoms with van der Waals surface area (Å²) in [5, 5.41) is 0. The van der Waals surface area contributed by atoms with Crippen molar-refractivity contribution < 1.29 is 13.2 Å². The lowest BCUT2D eigenvalue weighted by Crippen LogP contribution is -2.27. The lowest BCUT2D eigenvalue weighted by Gasteiger charge is -2.20. The molecule has 0 aliphatic rings. The highest BCUT2D eigenvalue weighted by atomic mass is 19.4. The van der Waals surface area contributed by atoms with E-state index >= 15 is 0 Å². The molecule has 6 heteroatoms. The number of nitrogens with two attached hydrogens (primary N) is 1. The van der Waals surface area contributed by atoms with E-state index in [1.54, 1.807) is 0 Å². The molecule has 1 heterocycles. The number of aromatic nitrogens is 2. The molecule has 0 saturated carbocycles. The first-order valence-corrected chi connectivity index (χ1v) is 3.80. The summed E-state index contributed by atoms with van der Waals surface area (Å²) in [5.41, 5.74) is 5.10. The zero-order valence-electron chi connectivity index (χ0n) is 6.83. The summed E-state index contributed by atoms with van der Waals surface area (Å²) in [4.78, 5) is 3.56. The van der Waals surface area contributed by atoms with E-state index < -0.39 is 12.2 Å². The average Bonchev–Trinajstić information content (AvgIpc) is 2.49. The molecule has 0 saturated heterocycles. The zero-order chi connectivity index (χ0) is 9.90. The van der Waals surface area contributed by atoms with Crippen LogP contribution in [-0.4, -0.2) is 22.3 Å². The van der Waals surface area contributed by atoms with Crippen molar-refractivity contribution in [2.75, 3.05) is 6.54 Å². The van der Waals surface area contributed by atoms with Crippen LogP contribution in [0.3, 0.4) is 0 Å². The molecule has 13 heavy (non-hydrogen) atoms. The predicted octanol–water partition coefficient (Wildman–Crippen LogP) is 1.34. The van der Waals surface area contributed by atoms with Crippen molar-refractivity contribution in [1.82, 2.24) is 9.55 Å². The van der Waals surface area contributed by atoms with E-state index in [1.165, 1.54) is 12.4 Å². The van der Waals surface area contributed by atoms with Crippen molar-refractivity contribution in [2.24, 2.45) is 5.73 Å². The van der Waals surface area contributed by atoms with Crippen LogP contribution in [0.4, 0.5) is 13.2 Å². The monoisotopic (exact) mass is 193 g/mol. The Balaban J connectivity index is 2.81. The molecule has 1 atom stereocenters. The smallest absolute Gasteiger partial charge is 0.330 e. The van der Waals surface area contributed by atoms with Gasteiger partial charge in [0.05, 0.1) is 6.33 Å². The maximum atomic E-state index is 12.4. The summed E-state index contributed by atoms with van der Waals surface area (Å²) in [6, 6.07) is -1.56. The summed E-state index contributed by atoms with van der Waals surface area (Å²) >= 11 is 0. The first-order valence-electron chi connectivity index (χ1n) is 3.80. The van der Waals surface area contributed by atoms with E-state index in [0.29, 0.717) is 0 Å². The molecule has 0 amide bonds. The molecular formula is C7H10F3N3. The third kappa shape index (κ3) is 2.45. The molecule has 0 fully saturated rings. The van der Waals surface area contributed by atoms with Crippen LogP contribution in [0, 0.1) is 0 Å². The molecule has 1 unspecified atom stereocenters. The third-order valence-electron chi connectivity index (χ3n) is 1.70. The van der Waals surface area contributed by atoms with E-state index in [1.807, 2.05) is 0 Å². The van der Waals surface area contributed by atoms with E-state index in [4.69, 9.17) is 5.73 Å². The van der Waals surface area contributed by atoms with Crippen LogP contribution in [0.2, 0.25) is 0 Å². The lowest BCUT2D eigenvalue weighted by atomic mass is 10.2. The van der Waals surface area contributed by atoms with Gasteiger partial charge in [-0.3, -0.25) is 0 Å². The van der Waals surface area contributed by atoms with Crippen LogP contribution >= 0.6 is 0 Å². The van der Waals surface area contributed by atoms with Gasteiger partial charge in [-0.05, 0) is 13.0 Å². The highest BCUT2D eigenvalue weighted by Crippen LogP contribution is 2.32. The average molecular weight is 193 g/mol. The van der Waals surface area contributed by atoms with Gasteiger partial charge < -0.3 is 10.3 Å². The third-order valence-corrected chi connectivity index (χ3v) is 1.70. The van der Waals surface area contributed by atoms with Gasteiger partial charge in [0.25, 0.3) is 0 Å². The molecule has 3 nitrogen and oxygen atoms in total. The number of hydrogen-bond acceptors (Lipinski definition) is 2. The number of hydrogen-bond donors (Lipinski definition) is 1. The van der Waals surface area contributed by atoms with Gasteiger partial charge in [0, 0.05) is 12.4 Å². The van der Waals surface area contributed by atoms with Crippen molar-refractivity contribution in [3.63, 3.8) is 0 Å². The van der Waals surface area contributed by atoms with E-state index in [2.05, 4.69) is 4.98 Å². The van der Waals surface area contributed by atoms with Crippen LogP contribution in [0.5, 0.6) is 0 Å². The normalized spacial score (nSPS) is 14.5. The number of halogens is 3. The molecule has 0 radical (unpaired) electrons. The van der Waals surface area contributed by atoms with Crippen molar-refractivity contribution in [1.29, 1.82) is 0 Å². The van der Waals surface area contributed by atoms with Crippen molar-refractivity contribution >= 4 is 0 Å². The first-order chi connectivity index (χ1) is 6.05. The van der Waals surface area contributed by atoms with Crippen LogP contribution in [0.25, 0.3) is 0 Å². The van der Waals surface area contributed by atoms with Crippen LogP contribution in [0.1, 0.15) is 12.5 Å². The molecule has 1 aromatic rings. The number of rotatable bonds is 3. The Morgan fingerprint density at radius 2 is 2.15 bits per heavy atom. The fourth-order valence-corrected chi connectivity index (χ4v) is 1.09. The molecule has 1 aromatic heterocycles. The van der Waals surface area contributed by atoms with Crippen LogP contribution in [0.15, 0.2) is 18.7 Å². The molecule has 0 spiro atoms. The zero-order valence-corrected chi connectivity index (χ0v) is 6.83. The minimum atomic E-state index is -4.26. The van der Waals surface area contributed by atoms with Gasteiger partial charge in [0.15, 0.2) is 0 Å². The minimum Gasteiger partial charge on any atom is -0.330 e. The largest absolute Gasteiger partial charge is 0.409 e. The molecule has 0 aliphatic carbocycles. The highest BCUT2D eigenvalue weighted by Gasteiger charge is 2.39.